The van der Waals surface area contributed by atoms with Crippen LogP contribution in [0.25, 0.3) is 0 Å². The average molecular weight is 242 g/mol. The number of thioether (sulfide) groups is 1. The molecule has 2 atom stereocenters. The van der Waals surface area contributed by atoms with E-state index >= 15 is 0 Å². The summed E-state index contributed by atoms with van der Waals surface area (Å²) in [5, 5.41) is 0. The highest BCUT2D eigenvalue weighted by Gasteiger charge is 2.27. The van der Waals surface area contributed by atoms with Gasteiger partial charge in [0.05, 0.1) is 6.61 Å². The van der Waals surface area contributed by atoms with Gasteiger partial charge in [0, 0.05) is 30.8 Å². The van der Waals surface area contributed by atoms with E-state index in [1.807, 2.05) is 0 Å². The van der Waals surface area contributed by atoms with Crippen molar-refractivity contribution in [2.75, 3.05) is 25.2 Å². The van der Waals surface area contributed by atoms with Gasteiger partial charge in [-0.3, -0.25) is 9.36 Å². The van der Waals surface area contributed by atoms with Crippen molar-refractivity contribution in [3.8, 4) is 0 Å². The van der Waals surface area contributed by atoms with Crippen molar-refractivity contribution in [1.29, 1.82) is 0 Å². The maximum absolute atomic E-state index is 11.7. The van der Waals surface area contributed by atoms with Gasteiger partial charge < -0.3 is 15.2 Å². The summed E-state index contributed by atoms with van der Waals surface area (Å²) in [6.45, 7) is 0.533. The van der Waals surface area contributed by atoms with Gasteiger partial charge in [-0.05, 0) is 6.07 Å². The molecule has 6 heteroatoms. The zero-order chi connectivity index (χ0) is 11.5. The molecule has 0 bridgehead atoms. The van der Waals surface area contributed by atoms with Gasteiger partial charge in [-0.1, -0.05) is 0 Å². The van der Waals surface area contributed by atoms with E-state index < -0.39 is 0 Å². The fourth-order valence-corrected chi connectivity index (χ4v) is 2.61. The molecule has 16 heavy (non-hydrogen) atoms. The van der Waals surface area contributed by atoms with E-state index in [4.69, 9.17) is 15.2 Å². The normalized spacial score (nSPS) is 24.8. The predicted molar refractivity (Wildman–Crippen MR) is 63.4 cm³/mol. The molecule has 1 aromatic heterocycles. The topological polar surface area (TPSA) is 66.5 Å². The second-order valence-electron chi connectivity index (χ2n) is 3.51. The van der Waals surface area contributed by atoms with Crippen LogP contribution in [0.15, 0.2) is 23.1 Å². The lowest BCUT2D eigenvalue weighted by Gasteiger charge is -2.14. The van der Waals surface area contributed by atoms with Gasteiger partial charge in [0.1, 0.15) is 11.7 Å². The molecule has 0 amide bonds. The van der Waals surface area contributed by atoms with Crippen LogP contribution in [0.4, 0.5) is 5.69 Å². The first-order chi connectivity index (χ1) is 7.70. The maximum atomic E-state index is 11.7. The van der Waals surface area contributed by atoms with Crippen LogP contribution in [0.3, 0.4) is 0 Å². The van der Waals surface area contributed by atoms with E-state index in [0.29, 0.717) is 12.3 Å². The fraction of sp³-hybridized carbons (Fsp3) is 0.500. The largest absolute Gasteiger partial charge is 0.399 e. The molecule has 0 aromatic carbocycles. The Morgan fingerprint density at radius 3 is 3.25 bits per heavy atom. The lowest BCUT2D eigenvalue weighted by atomic mass is 10.4. The lowest BCUT2D eigenvalue weighted by molar-refractivity contribution is -0.0146. The van der Waals surface area contributed by atoms with Crippen molar-refractivity contribution in [2.45, 2.75) is 11.7 Å². The van der Waals surface area contributed by atoms with E-state index in [0.717, 1.165) is 5.75 Å². The summed E-state index contributed by atoms with van der Waals surface area (Å²) < 4.78 is 12.2. The van der Waals surface area contributed by atoms with Crippen LogP contribution in [0.5, 0.6) is 0 Å². The van der Waals surface area contributed by atoms with Crippen LogP contribution in [-0.4, -0.2) is 29.5 Å². The molecule has 2 N–H and O–H groups in total. The number of nitrogens with zero attached hydrogens (tertiary/aromatic N) is 1. The number of aromatic nitrogens is 1. The van der Waals surface area contributed by atoms with E-state index in [2.05, 4.69) is 0 Å². The van der Waals surface area contributed by atoms with Crippen LogP contribution in [0.2, 0.25) is 0 Å². The molecule has 2 heterocycles. The number of nitrogen functional groups attached to an aromatic ring is 1. The van der Waals surface area contributed by atoms with Gasteiger partial charge in [0.2, 0.25) is 0 Å². The van der Waals surface area contributed by atoms with Crippen molar-refractivity contribution in [3.63, 3.8) is 0 Å². The Bertz CT molecular complexity index is 421. The summed E-state index contributed by atoms with van der Waals surface area (Å²) in [7, 11) is 1.63. The van der Waals surface area contributed by atoms with Gasteiger partial charge in [0.25, 0.3) is 5.56 Å². The van der Waals surface area contributed by atoms with Crippen LogP contribution in [0.1, 0.15) is 6.23 Å². The molecule has 1 aromatic rings. The zero-order valence-electron chi connectivity index (χ0n) is 8.96. The second-order valence-corrected chi connectivity index (χ2v) is 4.71. The summed E-state index contributed by atoms with van der Waals surface area (Å²) >= 11 is 1.64. The highest BCUT2D eigenvalue weighted by atomic mass is 32.2. The summed E-state index contributed by atoms with van der Waals surface area (Å²) in [4.78, 5) is 11.7. The van der Waals surface area contributed by atoms with Crippen molar-refractivity contribution in [2.24, 2.45) is 0 Å². The molecular weight excluding hydrogens is 228 g/mol. The van der Waals surface area contributed by atoms with Gasteiger partial charge in [-0.2, -0.15) is 0 Å². The Labute approximate surface area is 97.5 Å². The van der Waals surface area contributed by atoms with Gasteiger partial charge in [-0.25, -0.2) is 0 Å². The molecule has 0 unspecified atom stereocenters. The fourth-order valence-electron chi connectivity index (χ4n) is 1.56. The van der Waals surface area contributed by atoms with Gasteiger partial charge in [-0.15, -0.1) is 11.8 Å². The van der Waals surface area contributed by atoms with Crippen LogP contribution < -0.4 is 11.3 Å². The number of methoxy groups -OCH3 is 1. The monoisotopic (exact) mass is 242 g/mol. The minimum Gasteiger partial charge on any atom is -0.399 e. The average Bonchev–Trinajstić information content (AvgIpc) is 2.67. The quantitative estimate of drug-likeness (QED) is 0.843. The molecule has 88 valence electrons. The van der Waals surface area contributed by atoms with Crippen LogP contribution >= 0.6 is 11.8 Å². The van der Waals surface area contributed by atoms with E-state index in [-0.39, 0.29) is 17.2 Å². The molecular formula is C10H14N2O3S. The number of hydrogen-bond donors (Lipinski definition) is 1. The Hall–Kier alpha value is -0.980. The first-order valence-corrected chi connectivity index (χ1v) is 5.99. The van der Waals surface area contributed by atoms with Crippen molar-refractivity contribution >= 4 is 17.4 Å². The third-order valence-corrected chi connectivity index (χ3v) is 3.42. The summed E-state index contributed by atoms with van der Waals surface area (Å²) in [6, 6.07) is 3.09. The summed E-state index contributed by atoms with van der Waals surface area (Å²) in [5.74, 6) is 0.748. The lowest BCUT2D eigenvalue weighted by Crippen LogP contribution is -2.26. The third-order valence-electron chi connectivity index (χ3n) is 2.32. The molecule has 2 rings (SSSR count). The highest BCUT2D eigenvalue weighted by Crippen LogP contribution is 2.30. The molecule has 1 aliphatic heterocycles. The minimum atomic E-state index is -0.224. The molecule has 0 saturated carbocycles. The summed E-state index contributed by atoms with van der Waals surface area (Å²) in [6.07, 6.45) is 1.44. The molecule has 0 radical (unpaired) electrons. The number of rotatable bonds is 3. The SMILES string of the molecule is COC[C@@H]1O[C@H](n2ccc(N)cc2=O)CS1. The highest BCUT2D eigenvalue weighted by molar-refractivity contribution is 8.00. The Morgan fingerprint density at radius 1 is 1.75 bits per heavy atom. The maximum Gasteiger partial charge on any atom is 0.254 e. The zero-order valence-corrected chi connectivity index (χ0v) is 9.78. The Balaban J connectivity index is 2.11. The number of pyridine rings is 1. The molecule has 0 aliphatic carbocycles. The Morgan fingerprint density at radius 2 is 2.56 bits per heavy atom. The van der Waals surface area contributed by atoms with E-state index in [1.165, 1.54) is 6.07 Å². The summed E-state index contributed by atoms with van der Waals surface area (Å²) in [5.41, 5.74) is 5.86. The van der Waals surface area contributed by atoms with E-state index in [9.17, 15) is 4.79 Å². The Kier molecular flexibility index (Phi) is 3.52. The molecule has 1 fully saturated rings. The van der Waals surface area contributed by atoms with Crippen molar-refractivity contribution in [1.82, 2.24) is 4.57 Å². The van der Waals surface area contributed by atoms with Gasteiger partial charge >= 0.3 is 0 Å². The molecule has 1 saturated heterocycles. The predicted octanol–water partition coefficient (Wildman–Crippen LogP) is 0.665. The third kappa shape index (κ3) is 2.40. The number of hydrogen-bond acceptors (Lipinski definition) is 5. The number of anilines is 1. The van der Waals surface area contributed by atoms with Crippen LogP contribution in [0, 0.1) is 0 Å². The van der Waals surface area contributed by atoms with E-state index in [1.54, 1.807) is 35.7 Å². The minimum absolute atomic E-state index is 0.000506. The number of nitrogens with two attached hydrogens (primary N) is 1. The first kappa shape index (κ1) is 11.5. The molecule has 0 spiro atoms. The van der Waals surface area contributed by atoms with Crippen molar-refractivity contribution < 1.29 is 9.47 Å². The standard InChI is InChI=1S/C10H14N2O3S/c1-14-5-10-15-9(6-16-10)12-3-2-7(11)4-8(12)13/h2-4,9-10H,5-6,11H2,1H3/t9-,10+/m0/s1. The smallest absolute Gasteiger partial charge is 0.254 e. The first-order valence-electron chi connectivity index (χ1n) is 4.94. The molecule has 1 aliphatic rings. The van der Waals surface area contributed by atoms with Crippen LogP contribution in [-0.2, 0) is 9.47 Å². The molecule has 5 nitrogen and oxygen atoms in total. The van der Waals surface area contributed by atoms with Gasteiger partial charge in [0.15, 0.2) is 0 Å². The second kappa shape index (κ2) is 4.90. The van der Waals surface area contributed by atoms with Crippen molar-refractivity contribution in [3.05, 3.63) is 28.7 Å². The number of ether oxygens (including phenoxy) is 2.